The Labute approximate surface area is 414 Å². The first-order chi connectivity index (χ1) is 34.4. The van der Waals surface area contributed by atoms with Crippen molar-refractivity contribution < 1.29 is 53.4 Å². The summed E-state index contributed by atoms with van der Waals surface area (Å²) in [7, 11) is 0. The van der Waals surface area contributed by atoms with Gasteiger partial charge in [0.25, 0.3) is 0 Å². The van der Waals surface area contributed by atoms with Crippen molar-refractivity contribution >= 4 is 34.9 Å². The maximum atomic E-state index is 13.9. The summed E-state index contributed by atoms with van der Waals surface area (Å²) in [5, 5.41) is 0. The fourth-order valence-electron chi connectivity index (χ4n) is 9.15. The number of hydrogen-bond acceptors (Lipinski definition) is 2. The van der Waals surface area contributed by atoms with Gasteiger partial charge in [-0.05, 0) is 184 Å². The predicted molar refractivity (Wildman–Crippen MR) is 267 cm³/mol. The number of aryl methyl sites for hydroxylation is 6. The summed E-state index contributed by atoms with van der Waals surface area (Å²) < 4.78 is 136. The molecule has 0 amide bonds. The van der Waals surface area contributed by atoms with Crippen LogP contribution in [0, 0.1) is 23.3 Å². The lowest BCUT2D eigenvalue weighted by Crippen LogP contribution is -2.18. The highest BCUT2D eigenvalue weighted by molar-refractivity contribution is 5.86. The molecule has 0 aromatic heterocycles. The Balaban J connectivity index is 0.000000159. The fraction of sp³-hybridized carbons (Fsp3) is 0.300. The normalized spacial score (nSPS) is 13.9. The lowest BCUT2D eigenvalue weighted by atomic mass is 9.88. The quantitative estimate of drug-likeness (QED) is 0.0898. The smallest absolute Gasteiger partial charge is 0.403 e. The molecule has 0 atom stereocenters. The van der Waals surface area contributed by atoms with Gasteiger partial charge in [0.15, 0.2) is 34.8 Å². The van der Waals surface area contributed by atoms with Crippen LogP contribution >= 0.6 is 0 Å². The molecular formula is C60H56F10O2. The fourth-order valence-corrected chi connectivity index (χ4v) is 9.15. The molecule has 0 saturated carbocycles. The van der Waals surface area contributed by atoms with E-state index in [2.05, 4.69) is 66.6 Å². The van der Waals surface area contributed by atoms with Gasteiger partial charge in [0.1, 0.15) is 0 Å². The Hall–Kier alpha value is -6.56. The summed E-state index contributed by atoms with van der Waals surface area (Å²) in [6.07, 6.45) is 7.90. The summed E-state index contributed by atoms with van der Waals surface area (Å²) in [5.74, 6) is -5.08. The van der Waals surface area contributed by atoms with Crippen LogP contribution in [-0.2, 0) is 38.5 Å². The van der Waals surface area contributed by atoms with Crippen molar-refractivity contribution in [2.45, 2.75) is 117 Å². The van der Waals surface area contributed by atoms with E-state index >= 15 is 0 Å². The number of rotatable bonds is 12. The van der Waals surface area contributed by atoms with Crippen molar-refractivity contribution in [3.05, 3.63) is 199 Å². The highest BCUT2D eigenvalue weighted by Crippen LogP contribution is 2.38. The zero-order valence-corrected chi connectivity index (χ0v) is 40.4. The molecule has 0 fully saturated rings. The van der Waals surface area contributed by atoms with E-state index in [1.54, 1.807) is 0 Å². The van der Waals surface area contributed by atoms with Crippen LogP contribution < -0.4 is 9.47 Å². The van der Waals surface area contributed by atoms with E-state index in [1.807, 2.05) is 54.6 Å². The van der Waals surface area contributed by atoms with E-state index in [0.29, 0.717) is 47.9 Å². The number of halogens is 10. The third kappa shape index (κ3) is 14.5. The van der Waals surface area contributed by atoms with Crippen molar-refractivity contribution in [3.63, 3.8) is 0 Å². The molecule has 3 aliphatic carbocycles. The minimum absolute atomic E-state index is 0.547. The molecule has 9 rings (SSSR count). The molecule has 0 aliphatic heterocycles. The van der Waals surface area contributed by atoms with E-state index in [1.165, 1.54) is 59.2 Å². The van der Waals surface area contributed by atoms with E-state index in [0.717, 1.165) is 96.2 Å². The van der Waals surface area contributed by atoms with E-state index in [-0.39, 0.29) is 0 Å². The molecule has 0 saturated heterocycles. The highest BCUT2D eigenvalue weighted by Gasteiger charge is 2.34. The van der Waals surface area contributed by atoms with Crippen LogP contribution in [-0.4, -0.2) is 12.7 Å². The van der Waals surface area contributed by atoms with Gasteiger partial charge in [0.2, 0.25) is 0 Å². The zero-order chi connectivity index (χ0) is 51.6. The minimum atomic E-state index is -4.90. The van der Waals surface area contributed by atoms with E-state index < -0.39 is 47.5 Å². The van der Waals surface area contributed by atoms with Gasteiger partial charge in [0.05, 0.1) is 0 Å². The van der Waals surface area contributed by atoms with Gasteiger partial charge in [-0.25, -0.2) is 17.6 Å². The summed E-state index contributed by atoms with van der Waals surface area (Å²) >= 11 is 0. The number of hydrogen-bond donors (Lipinski definition) is 0. The molecule has 3 aliphatic rings. The Morgan fingerprint density at radius 1 is 0.389 bits per heavy atom. The predicted octanol–water partition coefficient (Wildman–Crippen LogP) is 18.1. The standard InChI is InChI=1S/C21H22F2.C20H18F4O.C19H16F4O/c1-2-3-4-5-15-6-8-16(9-7-15)17-10-11-18-13-20(22)21(23)14-19(18)12-17;1-2-3-13-4-6-14(7-5-13)15-8-9-16-12-19(25-20(22,23)24)18(21)11-17(16)10-15;1-2-12-3-5-13(6-4-12)14-7-8-15-11-18(24-19(21,22)23)17(20)10-16(15)9-14/h6-9,12-14H,2-5,10-11H2,1H3;4-7,10-12H,2-3,8-9H2,1H3;3-6,9-11H,2,7-8H2,1H3. The van der Waals surface area contributed by atoms with Crippen LogP contribution in [0.3, 0.4) is 0 Å². The van der Waals surface area contributed by atoms with E-state index in [4.69, 9.17) is 0 Å². The lowest BCUT2D eigenvalue weighted by Gasteiger charge is -2.19. The summed E-state index contributed by atoms with van der Waals surface area (Å²) in [4.78, 5) is 0. The van der Waals surface area contributed by atoms with Gasteiger partial charge in [0, 0.05) is 0 Å². The molecule has 0 heterocycles. The molecule has 12 heteroatoms. The summed E-state index contributed by atoms with van der Waals surface area (Å²) in [6, 6.07) is 32.2. The van der Waals surface area contributed by atoms with Crippen molar-refractivity contribution in [2.75, 3.05) is 0 Å². The second-order valence-corrected chi connectivity index (χ2v) is 18.2. The van der Waals surface area contributed by atoms with Crippen LogP contribution in [0.15, 0.2) is 109 Å². The number of fused-ring (bicyclic) bond motifs is 3. The molecule has 0 spiro atoms. The van der Waals surface area contributed by atoms with Crippen molar-refractivity contribution in [3.8, 4) is 11.5 Å². The van der Waals surface area contributed by atoms with Gasteiger partial charge in [-0.15, -0.1) is 26.3 Å². The van der Waals surface area contributed by atoms with Crippen molar-refractivity contribution in [2.24, 2.45) is 0 Å². The Morgan fingerprint density at radius 3 is 1.12 bits per heavy atom. The molecule has 2 nitrogen and oxygen atoms in total. The third-order valence-electron chi connectivity index (χ3n) is 13.0. The zero-order valence-electron chi connectivity index (χ0n) is 40.4. The van der Waals surface area contributed by atoms with Crippen LogP contribution in [0.5, 0.6) is 11.5 Å². The molecular weight excluding hydrogens is 943 g/mol. The molecule has 0 radical (unpaired) electrons. The first kappa shape index (κ1) is 53.2. The molecule has 6 aromatic rings. The number of unbranched alkanes of at least 4 members (excludes halogenated alkanes) is 2. The number of benzene rings is 6. The van der Waals surface area contributed by atoms with Gasteiger partial charge in [-0.3, -0.25) is 0 Å². The third-order valence-corrected chi connectivity index (χ3v) is 13.0. The lowest BCUT2D eigenvalue weighted by molar-refractivity contribution is -0.276. The second-order valence-electron chi connectivity index (χ2n) is 18.2. The first-order valence-electron chi connectivity index (χ1n) is 24.4. The SMILES string of the molecule is CCCCCc1ccc(C2=Cc3cc(F)c(F)cc3CC2)cc1.CCCc1ccc(C2=Cc3cc(F)c(OC(F)(F)F)cc3CC2)cc1.CCc1ccc(C2=Cc3cc(F)c(OC(F)(F)F)cc3CC2)cc1. The van der Waals surface area contributed by atoms with Crippen LogP contribution in [0.2, 0.25) is 0 Å². The molecule has 0 N–H and O–H groups in total. The molecule has 6 aromatic carbocycles. The minimum Gasteiger partial charge on any atom is -0.403 e. The number of allylic oxidation sites excluding steroid dienone is 3. The highest BCUT2D eigenvalue weighted by atomic mass is 19.4. The number of ether oxygens (including phenoxy) is 2. The van der Waals surface area contributed by atoms with E-state index in [9.17, 15) is 43.9 Å². The van der Waals surface area contributed by atoms with Crippen molar-refractivity contribution in [1.82, 2.24) is 0 Å². The Kier molecular flexibility index (Phi) is 17.6. The molecule has 72 heavy (non-hydrogen) atoms. The van der Waals surface area contributed by atoms with Gasteiger partial charge < -0.3 is 9.47 Å². The molecule has 0 unspecified atom stereocenters. The maximum Gasteiger partial charge on any atom is 0.573 e. The Bertz CT molecular complexity index is 2910. The average molecular weight is 999 g/mol. The molecule has 378 valence electrons. The van der Waals surface area contributed by atoms with Crippen LogP contribution in [0.4, 0.5) is 43.9 Å². The average Bonchev–Trinajstić information content (AvgIpc) is 3.35. The van der Waals surface area contributed by atoms with Crippen molar-refractivity contribution in [1.29, 1.82) is 0 Å². The van der Waals surface area contributed by atoms with Crippen LogP contribution in [0.25, 0.3) is 34.9 Å². The second kappa shape index (κ2) is 23.8. The topological polar surface area (TPSA) is 18.5 Å². The van der Waals surface area contributed by atoms with Crippen LogP contribution in [0.1, 0.15) is 132 Å². The van der Waals surface area contributed by atoms with Gasteiger partial charge in [-0.2, -0.15) is 0 Å². The molecule has 0 bridgehead atoms. The monoisotopic (exact) mass is 998 g/mol. The maximum absolute atomic E-state index is 13.9. The van der Waals surface area contributed by atoms with Gasteiger partial charge >= 0.3 is 12.7 Å². The van der Waals surface area contributed by atoms with Gasteiger partial charge in [-0.1, -0.05) is 131 Å². The summed E-state index contributed by atoms with van der Waals surface area (Å²) in [6.45, 7) is 6.42. The summed E-state index contributed by atoms with van der Waals surface area (Å²) in [5.41, 5.74) is 14.7. The Morgan fingerprint density at radius 2 is 0.750 bits per heavy atom. The largest absolute Gasteiger partial charge is 0.573 e. The first-order valence-corrected chi connectivity index (χ1v) is 24.4. The number of alkyl halides is 6.